The van der Waals surface area contributed by atoms with Crippen molar-refractivity contribution in [3.05, 3.63) is 41.2 Å². The van der Waals surface area contributed by atoms with Gasteiger partial charge in [-0.3, -0.25) is 4.79 Å². The number of hydrogen-bond donors (Lipinski definition) is 3. The number of ether oxygens (including phenoxy) is 2. The molecule has 0 bridgehead atoms. The standard InChI is InChI=1S/C23H21FN6O3S/c1-11-9-25-20-19-13-2-5-17(27-14(13)3-4-15(19)34-21(20)22(31)26-11)29-23-28-16(24)8-18(30-23)33-12-6-7-32-10-12/h2-5,8,11-12,25H,6-7,9-10H2,1H3,(H,26,31)(H,27,28,29,30)/t11-,12-/m1/s1. The fraction of sp³-hybridized carbons (Fsp3) is 0.304. The smallest absolute Gasteiger partial charge is 0.263 e. The Bertz CT molecular complexity index is 1420. The van der Waals surface area contributed by atoms with Crippen LogP contribution in [0.15, 0.2) is 30.3 Å². The molecule has 2 aliphatic heterocycles. The van der Waals surface area contributed by atoms with Crippen LogP contribution in [-0.4, -0.2) is 52.8 Å². The van der Waals surface area contributed by atoms with Crippen molar-refractivity contribution in [1.29, 1.82) is 0 Å². The third-order valence-electron chi connectivity index (χ3n) is 5.78. The molecular weight excluding hydrogens is 459 g/mol. The lowest BCUT2D eigenvalue weighted by Gasteiger charge is -2.12. The molecule has 5 heterocycles. The highest BCUT2D eigenvalue weighted by Crippen LogP contribution is 2.41. The molecule has 1 saturated heterocycles. The fourth-order valence-corrected chi connectivity index (χ4v) is 5.30. The summed E-state index contributed by atoms with van der Waals surface area (Å²) in [6.45, 7) is 3.68. The van der Waals surface area contributed by atoms with Crippen LogP contribution >= 0.6 is 11.3 Å². The molecule has 1 amide bonds. The highest BCUT2D eigenvalue weighted by Gasteiger charge is 2.25. The second-order valence-electron chi connectivity index (χ2n) is 8.34. The van der Waals surface area contributed by atoms with Gasteiger partial charge in [-0.05, 0) is 31.2 Å². The molecule has 0 aliphatic carbocycles. The maximum atomic E-state index is 14.1. The summed E-state index contributed by atoms with van der Waals surface area (Å²) in [5.41, 5.74) is 1.56. The van der Waals surface area contributed by atoms with Gasteiger partial charge in [0.15, 0.2) is 0 Å². The molecule has 2 atom stereocenters. The largest absolute Gasteiger partial charge is 0.472 e. The van der Waals surface area contributed by atoms with E-state index in [9.17, 15) is 9.18 Å². The van der Waals surface area contributed by atoms with E-state index in [0.29, 0.717) is 30.5 Å². The summed E-state index contributed by atoms with van der Waals surface area (Å²) in [6.07, 6.45) is 0.583. The van der Waals surface area contributed by atoms with Crippen LogP contribution in [0.25, 0.3) is 21.0 Å². The van der Waals surface area contributed by atoms with Crippen LogP contribution in [0.1, 0.15) is 23.0 Å². The van der Waals surface area contributed by atoms with Gasteiger partial charge in [0.05, 0.1) is 30.5 Å². The summed E-state index contributed by atoms with van der Waals surface area (Å²) < 4.78 is 26.1. The molecule has 0 spiro atoms. The van der Waals surface area contributed by atoms with E-state index in [1.807, 2.05) is 25.1 Å². The van der Waals surface area contributed by atoms with Gasteiger partial charge in [0.25, 0.3) is 5.91 Å². The number of rotatable bonds is 4. The van der Waals surface area contributed by atoms with Crippen molar-refractivity contribution in [2.24, 2.45) is 0 Å². The Kier molecular flexibility index (Phi) is 5.15. The van der Waals surface area contributed by atoms with E-state index >= 15 is 0 Å². The number of fused-ring (bicyclic) bond motifs is 5. The molecule has 0 saturated carbocycles. The number of nitrogens with zero attached hydrogens (tertiary/aromatic N) is 3. The summed E-state index contributed by atoms with van der Waals surface area (Å²) in [6, 6.07) is 8.76. The van der Waals surface area contributed by atoms with Crippen molar-refractivity contribution < 1.29 is 18.7 Å². The molecule has 0 unspecified atom stereocenters. The Morgan fingerprint density at radius 1 is 1.24 bits per heavy atom. The molecular formula is C23H21FN6O3S. The van der Waals surface area contributed by atoms with Gasteiger partial charge < -0.3 is 25.4 Å². The minimum Gasteiger partial charge on any atom is -0.472 e. The number of aromatic nitrogens is 3. The number of carbonyl (C=O) groups is 1. The lowest BCUT2D eigenvalue weighted by Crippen LogP contribution is -2.34. The molecule has 3 N–H and O–H groups in total. The van der Waals surface area contributed by atoms with E-state index < -0.39 is 5.95 Å². The van der Waals surface area contributed by atoms with E-state index in [1.165, 1.54) is 11.3 Å². The van der Waals surface area contributed by atoms with Crippen LogP contribution in [0, 0.1) is 5.95 Å². The van der Waals surface area contributed by atoms with E-state index in [1.54, 1.807) is 6.07 Å². The first-order chi connectivity index (χ1) is 16.5. The van der Waals surface area contributed by atoms with Gasteiger partial charge in [-0.2, -0.15) is 14.4 Å². The fourth-order valence-electron chi connectivity index (χ4n) is 4.20. The first-order valence-corrected chi connectivity index (χ1v) is 11.8. The molecule has 9 nitrogen and oxygen atoms in total. The number of benzene rings is 1. The number of pyridine rings is 1. The number of amides is 1. The zero-order valence-electron chi connectivity index (χ0n) is 18.2. The number of anilines is 3. The van der Waals surface area contributed by atoms with Crippen LogP contribution in [0.3, 0.4) is 0 Å². The first-order valence-electron chi connectivity index (χ1n) is 11.0. The molecule has 6 rings (SSSR count). The highest BCUT2D eigenvalue weighted by molar-refractivity contribution is 7.21. The van der Waals surface area contributed by atoms with E-state index in [-0.39, 0.29) is 29.9 Å². The third-order valence-corrected chi connectivity index (χ3v) is 6.93. The maximum Gasteiger partial charge on any atom is 0.263 e. The molecule has 3 aromatic heterocycles. The Morgan fingerprint density at radius 2 is 2.15 bits per heavy atom. The lowest BCUT2D eigenvalue weighted by molar-refractivity contribution is 0.0949. The van der Waals surface area contributed by atoms with Crippen molar-refractivity contribution in [1.82, 2.24) is 20.3 Å². The lowest BCUT2D eigenvalue weighted by atomic mass is 10.1. The van der Waals surface area contributed by atoms with Gasteiger partial charge in [-0.1, -0.05) is 0 Å². The average Bonchev–Trinajstić information content (AvgIpc) is 3.42. The van der Waals surface area contributed by atoms with Crippen LogP contribution in [0.5, 0.6) is 5.88 Å². The van der Waals surface area contributed by atoms with Gasteiger partial charge >= 0.3 is 0 Å². The van der Waals surface area contributed by atoms with Crippen molar-refractivity contribution in [3.63, 3.8) is 0 Å². The van der Waals surface area contributed by atoms with Crippen molar-refractivity contribution in [2.45, 2.75) is 25.5 Å². The minimum atomic E-state index is -0.701. The van der Waals surface area contributed by atoms with E-state index in [2.05, 4.69) is 30.9 Å². The van der Waals surface area contributed by atoms with Crippen molar-refractivity contribution in [2.75, 3.05) is 30.4 Å². The zero-order valence-corrected chi connectivity index (χ0v) is 19.0. The molecule has 174 valence electrons. The van der Waals surface area contributed by atoms with Gasteiger partial charge in [0.2, 0.25) is 17.8 Å². The van der Waals surface area contributed by atoms with Gasteiger partial charge in [0.1, 0.15) is 16.8 Å². The van der Waals surface area contributed by atoms with Gasteiger partial charge in [0, 0.05) is 34.5 Å². The summed E-state index contributed by atoms with van der Waals surface area (Å²) in [7, 11) is 0. The Balaban J connectivity index is 1.33. The predicted octanol–water partition coefficient (Wildman–Crippen LogP) is 3.83. The monoisotopic (exact) mass is 480 g/mol. The zero-order chi connectivity index (χ0) is 23.2. The number of nitrogens with one attached hydrogen (secondary N) is 3. The molecule has 4 aromatic rings. The number of halogens is 1. The van der Waals surface area contributed by atoms with Gasteiger partial charge in [-0.25, -0.2) is 4.98 Å². The molecule has 1 fully saturated rings. The predicted molar refractivity (Wildman–Crippen MR) is 128 cm³/mol. The second-order valence-corrected chi connectivity index (χ2v) is 9.40. The average molecular weight is 481 g/mol. The van der Waals surface area contributed by atoms with Crippen molar-refractivity contribution in [3.8, 4) is 5.88 Å². The third kappa shape index (κ3) is 3.86. The maximum absolute atomic E-state index is 14.1. The number of hydrogen-bond acceptors (Lipinski definition) is 9. The Hall–Kier alpha value is -3.57. The molecule has 1 aromatic carbocycles. The summed E-state index contributed by atoms with van der Waals surface area (Å²) in [4.78, 5) is 26.0. The number of thiophene rings is 1. The summed E-state index contributed by atoms with van der Waals surface area (Å²) in [5.74, 6) is -0.105. The van der Waals surface area contributed by atoms with Crippen LogP contribution in [0.4, 0.5) is 21.8 Å². The molecule has 34 heavy (non-hydrogen) atoms. The van der Waals surface area contributed by atoms with Crippen LogP contribution in [-0.2, 0) is 4.74 Å². The second kappa shape index (κ2) is 8.33. The molecule has 2 aliphatic rings. The van der Waals surface area contributed by atoms with Gasteiger partial charge in [-0.15, -0.1) is 11.3 Å². The topological polar surface area (TPSA) is 110 Å². The van der Waals surface area contributed by atoms with Crippen LogP contribution in [0.2, 0.25) is 0 Å². The Morgan fingerprint density at radius 3 is 3.00 bits per heavy atom. The first kappa shape index (κ1) is 21.0. The summed E-state index contributed by atoms with van der Waals surface area (Å²) >= 11 is 1.46. The van der Waals surface area contributed by atoms with E-state index in [0.717, 1.165) is 39.2 Å². The molecule has 11 heteroatoms. The Labute approximate surface area is 197 Å². The molecule has 0 radical (unpaired) electrons. The van der Waals surface area contributed by atoms with E-state index in [4.69, 9.17) is 9.47 Å². The number of carbonyl (C=O) groups excluding carboxylic acids is 1. The van der Waals surface area contributed by atoms with Crippen molar-refractivity contribution >= 4 is 55.7 Å². The quantitative estimate of drug-likeness (QED) is 0.378. The highest BCUT2D eigenvalue weighted by atomic mass is 32.1. The van der Waals surface area contributed by atoms with Crippen LogP contribution < -0.4 is 20.7 Å². The minimum absolute atomic E-state index is 0.0346. The normalized spacial score (nSPS) is 20.0. The SMILES string of the molecule is C[C@@H]1CNc2c(sc3ccc4nc(Nc5nc(F)cc(O[C@@H]6CCOC6)n5)ccc4c23)C(=O)N1. The summed E-state index contributed by atoms with van der Waals surface area (Å²) in [5, 5.41) is 11.3.